The third kappa shape index (κ3) is 5.93. The van der Waals surface area contributed by atoms with Crippen LogP contribution in [0.4, 0.5) is 0 Å². The van der Waals surface area contributed by atoms with Gasteiger partial charge in [-0.05, 0) is 54.8 Å². The standard InChI is InChI=1S/C29H25NO5S/c1-3-34-29(33)25-26(31)24(36-28(25)30-27(32)23-12-8-7-9-19(23)2)17-20-13-15-22(16-14-20)35-18-21-10-5-4-6-11-21/h4-17,31H,3,18H2,1-2H3/b24-17-,30-28?. The van der Waals surface area contributed by atoms with E-state index in [4.69, 9.17) is 9.47 Å². The summed E-state index contributed by atoms with van der Waals surface area (Å²) in [5.74, 6) is -0.782. The second-order valence-corrected chi connectivity index (χ2v) is 8.97. The van der Waals surface area contributed by atoms with Crippen LogP contribution in [-0.4, -0.2) is 28.6 Å². The monoisotopic (exact) mass is 499 g/mol. The fourth-order valence-corrected chi connectivity index (χ4v) is 4.52. The highest BCUT2D eigenvalue weighted by Gasteiger charge is 2.34. The Morgan fingerprint density at radius 3 is 2.36 bits per heavy atom. The van der Waals surface area contributed by atoms with Crippen LogP contribution in [0.1, 0.15) is 34.0 Å². The molecule has 3 aromatic rings. The predicted molar refractivity (Wildman–Crippen MR) is 142 cm³/mol. The molecule has 1 amide bonds. The van der Waals surface area contributed by atoms with E-state index in [0.29, 0.717) is 22.8 Å². The number of ether oxygens (including phenoxy) is 2. The van der Waals surface area contributed by atoms with Gasteiger partial charge in [-0.2, -0.15) is 0 Å². The molecule has 0 saturated carbocycles. The van der Waals surface area contributed by atoms with Crippen molar-refractivity contribution in [3.05, 3.63) is 117 Å². The molecule has 0 aromatic heterocycles. The molecule has 1 aliphatic rings. The Bertz CT molecular complexity index is 1360. The van der Waals surface area contributed by atoms with Gasteiger partial charge >= 0.3 is 5.97 Å². The van der Waals surface area contributed by atoms with Crippen molar-refractivity contribution in [3.8, 4) is 5.75 Å². The van der Waals surface area contributed by atoms with Gasteiger partial charge in [-0.15, -0.1) is 0 Å². The molecule has 36 heavy (non-hydrogen) atoms. The third-order valence-corrected chi connectivity index (χ3v) is 6.39. The van der Waals surface area contributed by atoms with E-state index < -0.39 is 11.9 Å². The van der Waals surface area contributed by atoms with Crippen molar-refractivity contribution in [1.29, 1.82) is 0 Å². The summed E-state index contributed by atoms with van der Waals surface area (Å²) < 4.78 is 10.9. The highest BCUT2D eigenvalue weighted by molar-refractivity contribution is 8.18. The quantitative estimate of drug-likeness (QED) is 0.385. The number of aliphatic hydroxyl groups is 1. The maximum absolute atomic E-state index is 12.8. The van der Waals surface area contributed by atoms with Gasteiger partial charge in [0.05, 0.1) is 11.5 Å². The summed E-state index contributed by atoms with van der Waals surface area (Å²) in [6, 6.07) is 24.3. The zero-order valence-electron chi connectivity index (χ0n) is 19.9. The second-order valence-electron chi connectivity index (χ2n) is 7.94. The van der Waals surface area contributed by atoms with Crippen LogP contribution < -0.4 is 4.74 Å². The molecule has 0 aliphatic carbocycles. The number of rotatable bonds is 7. The summed E-state index contributed by atoms with van der Waals surface area (Å²) in [5.41, 5.74) is 2.94. The van der Waals surface area contributed by atoms with Crippen molar-refractivity contribution in [2.24, 2.45) is 4.99 Å². The van der Waals surface area contributed by atoms with Crippen LogP contribution in [0.3, 0.4) is 0 Å². The average molecular weight is 500 g/mol. The Kier molecular flexibility index (Phi) is 8.02. The van der Waals surface area contributed by atoms with E-state index in [9.17, 15) is 14.7 Å². The number of thioether (sulfide) groups is 1. The van der Waals surface area contributed by atoms with E-state index in [0.717, 1.165) is 28.5 Å². The molecule has 7 heteroatoms. The van der Waals surface area contributed by atoms with E-state index in [1.165, 1.54) is 0 Å². The maximum atomic E-state index is 12.8. The van der Waals surface area contributed by atoms with Crippen molar-refractivity contribution in [3.63, 3.8) is 0 Å². The predicted octanol–water partition coefficient (Wildman–Crippen LogP) is 6.28. The molecule has 1 heterocycles. The van der Waals surface area contributed by atoms with Gasteiger partial charge in [-0.3, -0.25) is 4.79 Å². The van der Waals surface area contributed by atoms with Crippen LogP contribution in [0.15, 0.2) is 100 Å². The van der Waals surface area contributed by atoms with E-state index in [-0.39, 0.29) is 23.0 Å². The first kappa shape index (κ1) is 25.0. The minimum atomic E-state index is -0.730. The van der Waals surface area contributed by atoms with Gasteiger partial charge in [0.15, 0.2) is 0 Å². The molecule has 3 aromatic carbocycles. The van der Waals surface area contributed by atoms with Crippen LogP contribution >= 0.6 is 11.8 Å². The lowest BCUT2D eigenvalue weighted by Crippen LogP contribution is -2.14. The largest absolute Gasteiger partial charge is 0.506 e. The summed E-state index contributed by atoms with van der Waals surface area (Å²) in [6.45, 7) is 4.07. The molecule has 0 fully saturated rings. The molecule has 0 spiro atoms. The average Bonchev–Trinajstić information content (AvgIpc) is 3.18. The fraction of sp³-hybridized carbons (Fsp3) is 0.138. The highest BCUT2D eigenvalue weighted by Crippen LogP contribution is 2.39. The zero-order valence-corrected chi connectivity index (χ0v) is 20.7. The molecule has 1 aliphatic heterocycles. The normalized spacial score (nSPS) is 15.4. The number of hydrogen-bond acceptors (Lipinski definition) is 6. The number of aliphatic hydroxyl groups excluding tert-OH is 1. The van der Waals surface area contributed by atoms with Crippen LogP contribution in [-0.2, 0) is 16.1 Å². The molecule has 0 atom stereocenters. The van der Waals surface area contributed by atoms with Crippen LogP contribution in [0.25, 0.3) is 6.08 Å². The van der Waals surface area contributed by atoms with Gasteiger partial charge in [0.2, 0.25) is 0 Å². The highest BCUT2D eigenvalue weighted by atomic mass is 32.2. The van der Waals surface area contributed by atoms with E-state index in [2.05, 4.69) is 4.99 Å². The number of aliphatic imine (C=N–C) groups is 1. The lowest BCUT2D eigenvalue weighted by atomic mass is 10.1. The number of hydrogen-bond donors (Lipinski definition) is 1. The van der Waals surface area contributed by atoms with Crippen LogP contribution in [0.5, 0.6) is 5.75 Å². The van der Waals surface area contributed by atoms with E-state index in [1.54, 1.807) is 25.1 Å². The number of amides is 1. The minimum Gasteiger partial charge on any atom is -0.506 e. The van der Waals surface area contributed by atoms with Crippen molar-refractivity contribution in [2.75, 3.05) is 6.61 Å². The molecule has 0 unspecified atom stereocenters. The second kappa shape index (κ2) is 11.6. The number of nitrogens with zero attached hydrogens (tertiary/aromatic N) is 1. The molecular formula is C29H25NO5S. The summed E-state index contributed by atoms with van der Waals surface area (Å²) in [4.78, 5) is 30.0. The number of aryl methyl sites for hydroxylation is 1. The number of carbonyl (C=O) groups excluding carboxylic acids is 2. The summed E-state index contributed by atoms with van der Waals surface area (Å²) >= 11 is 1.05. The van der Waals surface area contributed by atoms with Gasteiger partial charge in [0, 0.05) is 5.56 Å². The Morgan fingerprint density at radius 2 is 1.67 bits per heavy atom. The number of esters is 1. The lowest BCUT2D eigenvalue weighted by molar-refractivity contribution is -0.138. The van der Waals surface area contributed by atoms with Crippen molar-refractivity contribution in [1.82, 2.24) is 0 Å². The Balaban J connectivity index is 1.57. The van der Waals surface area contributed by atoms with Gasteiger partial charge in [-0.25, -0.2) is 9.79 Å². The first-order valence-electron chi connectivity index (χ1n) is 11.4. The Hall–Kier alpha value is -4.10. The molecule has 0 saturated heterocycles. The molecule has 0 bridgehead atoms. The first-order valence-corrected chi connectivity index (χ1v) is 12.2. The first-order chi connectivity index (χ1) is 17.5. The topological polar surface area (TPSA) is 85.2 Å². The Labute approximate surface area is 214 Å². The van der Waals surface area contributed by atoms with Gasteiger partial charge in [0.25, 0.3) is 5.91 Å². The number of benzene rings is 3. The SMILES string of the molecule is CCOC(=O)C1=C(O)/C(=C/c2ccc(OCc3ccccc3)cc2)SC1=NC(=O)c1ccccc1C. The molecule has 6 nitrogen and oxygen atoms in total. The van der Waals surface area contributed by atoms with Crippen molar-refractivity contribution in [2.45, 2.75) is 20.5 Å². The molecule has 4 rings (SSSR count). The molecule has 182 valence electrons. The summed E-state index contributed by atoms with van der Waals surface area (Å²) in [5, 5.41) is 11.0. The zero-order chi connectivity index (χ0) is 25.5. The maximum Gasteiger partial charge on any atom is 0.344 e. The van der Waals surface area contributed by atoms with E-state index >= 15 is 0 Å². The summed E-state index contributed by atoms with van der Waals surface area (Å²) in [7, 11) is 0. The minimum absolute atomic E-state index is 0.105. The third-order valence-electron chi connectivity index (χ3n) is 5.38. The Morgan fingerprint density at radius 1 is 0.972 bits per heavy atom. The van der Waals surface area contributed by atoms with E-state index in [1.807, 2.05) is 73.7 Å². The van der Waals surface area contributed by atoms with Gasteiger partial charge in [-0.1, -0.05) is 72.4 Å². The molecular weight excluding hydrogens is 474 g/mol. The van der Waals surface area contributed by atoms with Crippen LogP contribution in [0.2, 0.25) is 0 Å². The molecule has 1 N–H and O–H groups in total. The summed E-state index contributed by atoms with van der Waals surface area (Å²) in [6.07, 6.45) is 1.72. The van der Waals surface area contributed by atoms with Crippen LogP contribution in [0, 0.1) is 6.92 Å². The smallest absolute Gasteiger partial charge is 0.344 e. The van der Waals surface area contributed by atoms with Crippen molar-refractivity contribution >= 4 is 34.8 Å². The number of carbonyl (C=O) groups is 2. The van der Waals surface area contributed by atoms with Gasteiger partial charge in [0.1, 0.15) is 28.7 Å². The van der Waals surface area contributed by atoms with Gasteiger partial charge < -0.3 is 14.6 Å². The van der Waals surface area contributed by atoms with Crippen molar-refractivity contribution < 1.29 is 24.2 Å². The molecule has 0 radical (unpaired) electrons. The fourth-order valence-electron chi connectivity index (χ4n) is 3.51. The lowest BCUT2D eigenvalue weighted by Gasteiger charge is -2.06.